The summed E-state index contributed by atoms with van der Waals surface area (Å²) in [5, 5.41) is 14.6. The first-order chi connectivity index (χ1) is 7.08. The molecule has 0 amide bonds. The van der Waals surface area contributed by atoms with Gasteiger partial charge in [0, 0.05) is 11.5 Å². The first-order valence-corrected chi connectivity index (χ1v) is 5.22. The summed E-state index contributed by atoms with van der Waals surface area (Å²) >= 11 is 5.83. The largest absolute Gasteiger partial charge is 0.506 e. The van der Waals surface area contributed by atoms with E-state index >= 15 is 0 Å². The average molecular weight is 226 g/mol. The Morgan fingerprint density at radius 2 is 2.20 bits per heavy atom. The number of hydrogen-bond donors (Lipinski definition) is 1. The summed E-state index contributed by atoms with van der Waals surface area (Å²) in [7, 11) is 0. The van der Waals surface area contributed by atoms with Gasteiger partial charge in [0.15, 0.2) is 5.58 Å². The summed E-state index contributed by atoms with van der Waals surface area (Å²) in [6, 6.07) is 3.19. The van der Waals surface area contributed by atoms with Crippen LogP contribution in [0.4, 0.5) is 0 Å². The topological polar surface area (TPSA) is 46.3 Å². The Hall–Kier alpha value is -1.22. The molecule has 0 bridgehead atoms. The van der Waals surface area contributed by atoms with Crippen molar-refractivity contribution in [2.45, 2.75) is 20.3 Å². The number of hydrogen-bond acceptors (Lipinski definition) is 3. The van der Waals surface area contributed by atoms with E-state index < -0.39 is 0 Å². The maximum Gasteiger partial charge on any atom is 0.170 e. The van der Waals surface area contributed by atoms with Crippen molar-refractivity contribution in [3.8, 4) is 5.75 Å². The zero-order valence-electron chi connectivity index (χ0n) is 8.62. The highest BCUT2D eigenvalue weighted by molar-refractivity contribution is 6.32. The molecule has 0 aliphatic heterocycles. The third kappa shape index (κ3) is 1.92. The van der Waals surface area contributed by atoms with E-state index in [0.717, 1.165) is 17.5 Å². The molecule has 0 radical (unpaired) electrons. The fraction of sp³-hybridized carbons (Fsp3) is 0.364. The van der Waals surface area contributed by atoms with Gasteiger partial charge in [-0.3, -0.25) is 0 Å². The SMILES string of the molecule is CC(C)Cc1noc2cc(O)c(Cl)cc12. The molecule has 1 aromatic carbocycles. The summed E-state index contributed by atoms with van der Waals surface area (Å²) in [5.41, 5.74) is 1.47. The minimum absolute atomic E-state index is 0.0245. The Labute approximate surface area is 92.6 Å². The lowest BCUT2D eigenvalue weighted by atomic mass is 10.1. The maximum atomic E-state index is 9.39. The number of aromatic nitrogens is 1. The lowest BCUT2D eigenvalue weighted by Gasteiger charge is -2.00. The molecule has 4 heteroatoms. The van der Waals surface area contributed by atoms with Crippen LogP contribution in [0.1, 0.15) is 19.5 Å². The van der Waals surface area contributed by atoms with Crippen LogP contribution in [0.3, 0.4) is 0 Å². The monoisotopic (exact) mass is 225 g/mol. The first kappa shape index (κ1) is 10.3. The molecule has 80 valence electrons. The van der Waals surface area contributed by atoms with E-state index in [1.165, 1.54) is 6.07 Å². The van der Waals surface area contributed by atoms with Crippen molar-refractivity contribution in [1.29, 1.82) is 0 Å². The highest BCUT2D eigenvalue weighted by Gasteiger charge is 2.12. The molecule has 0 saturated carbocycles. The lowest BCUT2D eigenvalue weighted by molar-refractivity contribution is 0.435. The van der Waals surface area contributed by atoms with Gasteiger partial charge in [-0.15, -0.1) is 0 Å². The van der Waals surface area contributed by atoms with Crippen molar-refractivity contribution < 1.29 is 9.63 Å². The minimum atomic E-state index is 0.0245. The van der Waals surface area contributed by atoms with Gasteiger partial charge in [-0.2, -0.15) is 0 Å². The quantitative estimate of drug-likeness (QED) is 0.852. The number of halogens is 1. The Morgan fingerprint density at radius 3 is 2.87 bits per heavy atom. The van der Waals surface area contributed by atoms with Crippen LogP contribution in [0.25, 0.3) is 11.0 Å². The number of fused-ring (bicyclic) bond motifs is 1. The van der Waals surface area contributed by atoms with Crippen LogP contribution in [0.2, 0.25) is 5.02 Å². The van der Waals surface area contributed by atoms with Crippen molar-refractivity contribution in [1.82, 2.24) is 5.16 Å². The van der Waals surface area contributed by atoms with Gasteiger partial charge in [0.05, 0.1) is 10.7 Å². The third-order valence-electron chi connectivity index (χ3n) is 2.22. The molecule has 2 aromatic rings. The smallest absolute Gasteiger partial charge is 0.170 e. The fourth-order valence-electron chi connectivity index (χ4n) is 1.53. The van der Waals surface area contributed by atoms with Crippen molar-refractivity contribution >= 4 is 22.6 Å². The number of aromatic hydroxyl groups is 1. The number of nitrogens with zero attached hydrogens (tertiary/aromatic N) is 1. The lowest BCUT2D eigenvalue weighted by Crippen LogP contribution is -1.94. The zero-order chi connectivity index (χ0) is 11.0. The van der Waals surface area contributed by atoms with Gasteiger partial charge < -0.3 is 9.63 Å². The molecule has 0 spiro atoms. The Morgan fingerprint density at radius 1 is 1.47 bits per heavy atom. The average Bonchev–Trinajstić information content (AvgIpc) is 2.49. The van der Waals surface area contributed by atoms with E-state index in [1.54, 1.807) is 6.07 Å². The second-order valence-electron chi connectivity index (χ2n) is 4.03. The standard InChI is InChI=1S/C11H12ClNO2/c1-6(2)3-9-7-4-8(12)10(14)5-11(7)15-13-9/h4-6,14H,3H2,1-2H3. The second kappa shape index (κ2) is 3.74. The summed E-state index contributed by atoms with van der Waals surface area (Å²) in [4.78, 5) is 0. The molecule has 0 aliphatic rings. The normalized spacial score (nSPS) is 11.5. The first-order valence-electron chi connectivity index (χ1n) is 4.84. The molecular formula is C11H12ClNO2. The highest BCUT2D eigenvalue weighted by atomic mass is 35.5. The van der Waals surface area contributed by atoms with Gasteiger partial charge in [0.1, 0.15) is 5.75 Å². The van der Waals surface area contributed by atoms with Gasteiger partial charge in [0.25, 0.3) is 0 Å². The van der Waals surface area contributed by atoms with Gasteiger partial charge in [0.2, 0.25) is 0 Å². The number of phenolic OH excluding ortho intramolecular Hbond substituents is 1. The van der Waals surface area contributed by atoms with Crippen LogP contribution in [-0.4, -0.2) is 10.3 Å². The van der Waals surface area contributed by atoms with Crippen LogP contribution in [0.5, 0.6) is 5.75 Å². The molecule has 0 fully saturated rings. The van der Waals surface area contributed by atoms with Crippen LogP contribution < -0.4 is 0 Å². The predicted octanol–water partition coefficient (Wildman–Crippen LogP) is 3.39. The molecule has 0 atom stereocenters. The van der Waals surface area contributed by atoms with E-state index in [-0.39, 0.29) is 5.75 Å². The summed E-state index contributed by atoms with van der Waals surface area (Å²) in [6.07, 6.45) is 0.841. The summed E-state index contributed by atoms with van der Waals surface area (Å²) < 4.78 is 5.12. The van der Waals surface area contributed by atoms with Crippen molar-refractivity contribution in [3.63, 3.8) is 0 Å². The van der Waals surface area contributed by atoms with Gasteiger partial charge in [-0.25, -0.2) is 0 Å². The minimum Gasteiger partial charge on any atom is -0.506 e. The van der Waals surface area contributed by atoms with Crippen LogP contribution in [0.15, 0.2) is 16.7 Å². The van der Waals surface area contributed by atoms with Crippen molar-refractivity contribution in [3.05, 3.63) is 22.8 Å². The molecule has 1 heterocycles. The van der Waals surface area contributed by atoms with E-state index in [2.05, 4.69) is 19.0 Å². The molecule has 0 aliphatic carbocycles. The molecule has 0 saturated heterocycles. The molecule has 15 heavy (non-hydrogen) atoms. The molecule has 0 unspecified atom stereocenters. The Balaban J connectivity index is 2.54. The highest BCUT2D eigenvalue weighted by Crippen LogP contribution is 2.31. The number of rotatable bonds is 2. The summed E-state index contributed by atoms with van der Waals surface area (Å²) in [6.45, 7) is 4.23. The molecule has 1 aromatic heterocycles. The fourth-order valence-corrected chi connectivity index (χ4v) is 1.69. The zero-order valence-corrected chi connectivity index (χ0v) is 9.38. The Kier molecular flexibility index (Phi) is 2.57. The predicted molar refractivity (Wildman–Crippen MR) is 59.2 cm³/mol. The van der Waals surface area contributed by atoms with Crippen LogP contribution in [0, 0.1) is 5.92 Å². The third-order valence-corrected chi connectivity index (χ3v) is 2.52. The van der Waals surface area contributed by atoms with Crippen LogP contribution >= 0.6 is 11.6 Å². The van der Waals surface area contributed by atoms with Gasteiger partial charge in [-0.05, 0) is 18.4 Å². The molecule has 1 N–H and O–H groups in total. The van der Waals surface area contributed by atoms with Crippen LogP contribution in [-0.2, 0) is 6.42 Å². The van der Waals surface area contributed by atoms with Crippen molar-refractivity contribution in [2.24, 2.45) is 5.92 Å². The second-order valence-corrected chi connectivity index (χ2v) is 4.43. The van der Waals surface area contributed by atoms with E-state index in [1.807, 2.05) is 0 Å². The van der Waals surface area contributed by atoms with Crippen molar-refractivity contribution in [2.75, 3.05) is 0 Å². The van der Waals surface area contributed by atoms with Gasteiger partial charge in [-0.1, -0.05) is 30.6 Å². The summed E-state index contributed by atoms with van der Waals surface area (Å²) in [5.74, 6) is 0.530. The molecular weight excluding hydrogens is 214 g/mol. The number of benzene rings is 1. The maximum absolute atomic E-state index is 9.39. The Bertz CT molecular complexity index is 491. The number of phenols is 1. The van der Waals surface area contributed by atoms with E-state index in [4.69, 9.17) is 16.1 Å². The molecule has 2 rings (SSSR count). The molecule has 3 nitrogen and oxygen atoms in total. The van der Waals surface area contributed by atoms with E-state index in [9.17, 15) is 5.11 Å². The van der Waals surface area contributed by atoms with Gasteiger partial charge >= 0.3 is 0 Å². The van der Waals surface area contributed by atoms with E-state index in [0.29, 0.717) is 16.5 Å².